The molecule has 0 N–H and O–H groups in total. The molecule has 5 rings (SSSR count). The zero-order chi connectivity index (χ0) is 17.3. The van der Waals surface area contributed by atoms with E-state index in [9.17, 15) is 0 Å². The zero-order valence-electron chi connectivity index (χ0n) is 15.4. The van der Waals surface area contributed by atoms with Crippen LogP contribution in [-0.4, -0.2) is 82.1 Å². The first-order valence-electron chi connectivity index (χ1n) is 10.1. The number of rotatable bonds is 5. The molecule has 0 atom stereocenters. The lowest BCUT2D eigenvalue weighted by atomic mass is 9.96. The quantitative estimate of drug-likeness (QED) is 0.809. The van der Waals surface area contributed by atoms with Gasteiger partial charge in [0.25, 0.3) is 0 Å². The fraction of sp³-hybridized carbons (Fsp3) is 0.737. The Labute approximate surface area is 154 Å². The molecule has 3 fully saturated rings. The molecule has 2 aromatic heterocycles. The minimum absolute atomic E-state index is 0.478. The van der Waals surface area contributed by atoms with Crippen LogP contribution >= 0.6 is 0 Å². The molecule has 26 heavy (non-hydrogen) atoms. The van der Waals surface area contributed by atoms with Crippen LogP contribution in [0.2, 0.25) is 0 Å². The van der Waals surface area contributed by atoms with Gasteiger partial charge in [0.05, 0.1) is 18.9 Å². The summed E-state index contributed by atoms with van der Waals surface area (Å²) >= 11 is 0. The molecular weight excluding hydrogens is 328 g/mol. The lowest BCUT2D eigenvalue weighted by molar-refractivity contribution is 0.0320. The lowest BCUT2D eigenvalue weighted by Crippen LogP contribution is -2.43. The summed E-state index contributed by atoms with van der Waals surface area (Å²) in [4.78, 5) is 5.11. The van der Waals surface area contributed by atoms with E-state index in [4.69, 9.17) is 9.84 Å². The number of likely N-dealkylation sites (tertiary alicyclic amines) is 1. The summed E-state index contributed by atoms with van der Waals surface area (Å²) in [5.74, 6) is 2.21. The Bertz CT molecular complexity index is 744. The standard InChI is InChI=1S/C19H28N6O/c1-2-15(1)17-3-4-18-20-21-19(25(18)22-17)16-5-7-23(8-6-16)9-10-24-11-13-26-14-12-24/h3-4,15-16H,1-2,5-14H2. The van der Waals surface area contributed by atoms with Crippen molar-refractivity contribution in [3.8, 4) is 0 Å². The van der Waals surface area contributed by atoms with Crippen LogP contribution in [0.5, 0.6) is 0 Å². The highest BCUT2D eigenvalue weighted by Crippen LogP contribution is 2.39. The number of ether oxygens (including phenoxy) is 1. The van der Waals surface area contributed by atoms with Crippen LogP contribution < -0.4 is 0 Å². The Morgan fingerprint density at radius 3 is 2.31 bits per heavy atom. The van der Waals surface area contributed by atoms with Gasteiger partial charge >= 0.3 is 0 Å². The average molecular weight is 356 g/mol. The van der Waals surface area contributed by atoms with E-state index in [1.165, 1.54) is 18.5 Å². The number of piperidine rings is 1. The fourth-order valence-corrected chi connectivity index (χ4v) is 4.19. The topological polar surface area (TPSA) is 58.8 Å². The molecule has 2 aromatic rings. The third kappa shape index (κ3) is 3.48. The van der Waals surface area contributed by atoms with Gasteiger partial charge in [-0.15, -0.1) is 10.2 Å². The predicted molar refractivity (Wildman–Crippen MR) is 98.4 cm³/mol. The molecule has 7 heteroatoms. The molecule has 0 amide bonds. The molecule has 2 aliphatic heterocycles. The SMILES string of the molecule is c1cc2nnc(C3CCN(CCN4CCOCC4)CC3)n2nc1C1CC1. The van der Waals surface area contributed by atoms with Gasteiger partial charge in [-0.1, -0.05) is 0 Å². The van der Waals surface area contributed by atoms with E-state index in [0.29, 0.717) is 11.8 Å². The monoisotopic (exact) mass is 356 g/mol. The molecule has 0 radical (unpaired) electrons. The number of nitrogens with zero attached hydrogens (tertiary/aromatic N) is 6. The van der Waals surface area contributed by atoms with Crippen molar-refractivity contribution in [2.45, 2.75) is 37.5 Å². The molecule has 4 heterocycles. The van der Waals surface area contributed by atoms with Gasteiger partial charge in [0, 0.05) is 38.0 Å². The van der Waals surface area contributed by atoms with Crippen LogP contribution in [0.25, 0.3) is 5.65 Å². The Morgan fingerprint density at radius 2 is 1.58 bits per heavy atom. The van der Waals surface area contributed by atoms with Gasteiger partial charge in [0.15, 0.2) is 11.5 Å². The number of hydrogen-bond acceptors (Lipinski definition) is 6. The van der Waals surface area contributed by atoms with Crippen molar-refractivity contribution >= 4 is 5.65 Å². The minimum atomic E-state index is 0.478. The first-order chi connectivity index (χ1) is 12.9. The molecule has 0 unspecified atom stereocenters. The van der Waals surface area contributed by atoms with Crippen molar-refractivity contribution in [2.75, 3.05) is 52.5 Å². The zero-order valence-corrected chi connectivity index (χ0v) is 15.4. The summed E-state index contributed by atoms with van der Waals surface area (Å²) in [7, 11) is 0. The van der Waals surface area contributed by atoms with E-state index >= 15 is 0 Å². The summed E-state index contributed by atoms with van der Waals surface area (Å²) < 4.78 is 7.45. The van der Waals surface area contributed by atoms with Crippen LogP contribution in [0, 0.1) is 0 Å². The van der Waals surface area contributed by atoms with E-state index in [2.05, 4.69) is 32.1 Å². The van der Waals surface area contributed by atoms with E-state index in [1.54, 1.807) is 0 Å². The van der Waals surface area contributed by atoms with Crippen molar-refractivity contribution in [3.05, 3.63) is 23.7 Å². The van der Waals surface area contributed by atoms with Gasteiger partial charge < -0.3 is 9.64 Å². The summed E-state index contributed by atoms with van der Waals surface area (Å²) in [5, 5.41) is 13.7. The van der Waals surface area contributed by atoms with Crippen LogP contribution in [0.1, 0.15) is 49.0 Å². The van der Waals surface area contributed by atoms with Crippen molar-refractivity contribution in [3.63, 3.8) is 0 Å². The lowest BCUT2D eigenvalue weighted by Gasteiger charge is -2.33. The summed E-state index contributed by atoms with van der Waals surface area (Å²) in [5.41, 5.74) is 2.10. The Balaban J connectivity index is 1.20. The summed E-state index contributed by atoms with van der Waals surface area (Å²) in [6, 6.07) is 4.20. The molecule has 3 aliphatic rings. The smallest absolute Gasteiger partial charge is 0.177 e. The maximum atomic E-state index is 5.43. The van der Waals surface area contributed by atoms with Gasteiger partial charge in [0.2, 0.25) is 0 Å². The largest absolute Gasteiger partial charge is 0.379 e. The highest BCUT2D eigenvalue weighted by molar-refractivity contribution is 5.38. The van der Waals surface area contributed by atoms with Gasteiger partial charge in [-0.25, -0.2) is 0 Å². The van der Waals surface area contributed by atoms with Crippen molar-refractivity contribution in [1.29, 1.82) is 0 Å². The number of fused-ring (bicyclic) bond motifs is 1. The van der Waals surface area contributed by atoms with E-state index in [0.717, 1.165) is 76.8 Å². The molecule has 0 aromatic carbocycles. The Morgan fingerprint density at radius 1 is 0.846 bits per heavy atom. The second-order valence-corrected chi connectivity index (χ2v) is 7.93. The van der Waals surface area contributed by atoms with Gasteiger partial charge in [0.1, 0.15) is 0 Å². The summed E-state index contributed by atoms with van der Waals surface area (Å²) in [6.07, 6.45) is 4.85. The molecule has 7 nitrogen and oxygen atoms in total. The molecule has 2 saturated heterocycles. The van der Waals surface area contributed by atoms with Crippen LogP contribution in [-0.2, 0) is 4.74 Å². The van der Waals surface area contributed by atoms with Crippen LogP contribution in [0.3, 0.4) is 0 Å². The van der Waals surface area contributed by atoms with Crippen LogP contribution in [0.4, 0.5) is 0 Å². The predicted octanol–water partition coefficient (Wildman–Crippen LogP) is 1.51. The molecule has 0 spiro atoms. The number of aromatic nitrogens is 4. The Hall–Kier alpha value is -1.57. The maximum absolute atomic E-state index is 5.43. The molecule has 1 aliphatic carbocycles. The molecule has 140 valence electrons. The first-order valence-corrected chi connectivity index (χ1v) is 10.1. The number of hydrogen-bond donors (Lipinski definition) is 0. The third-order valence-electron chi connectivity index (χ3n) is 6.09. The Kier molecular flexibility index (Phi) is 4.60. The van der Waals surface area contributed by atoms with Crippen molar-refractivity contribution in [1.82, 2.24) is 29.6 Å². The maximum Gasteiger partial charge on any atom is 0.177 e. The van der Waals surface area contributed by atoms with Crippen molar-refractivity contribution < 1.29 is 4.74 Å². The van der Waals surface area contributed by atoms with Gasteiger partial charge in [-0.05, 0) is 50.9 Å². The first kappa shape index (κ1) is 16.6. The van der Waals surface area contributed by atoms with Gasteiger partial charge in [-0.3, -0.25) is 4.90 Å². The molecule has 1 saturated carbocycles. The third-order valence-corrected chi connectivity index (χ3v) is 6.09. The second kappa shape index (κ2) is 7.21. The van der Waals surface area contributed by atoms with Crippen molar-refractivity contribution in [2.24, 2.45) is 0 Å². The molecular formula is C19H28N6O. The number of morpholine rings is 1. The van der Waals surface area contributed by atoms with Crippen LogP contribution in [0.15, 0.2) is 12.1 Å². The minimum Gasteiger partial charge on any atom is -0.379 e. The highest BCUT2D eigenvalue weighted by atomic mass is 16.5. The second-order valence-electron chi connectivity index (χ2n) is 7.93. The summed E-state index contributed by atoms with van der Waals surface area (Å²) in [6.45, 7) is 8.55. The highest BCUT2D eigenvalue weighted by Gasteiger charge is 2.28. The average Bonchev–Trinajstić information content (AvgIpc) is 3.47. The van der Waals surface area contributed by atoms with E-state index in [-0.39, 0.29) is 0 Å². The van der Waals surface area contributed by atoms with Gasteiger partial charge in [-0.2, -0.15) is 9.61 Å². The fourth-order valence-electron chi connectivity index (χ4n) is 4.19. The van der Waals surface area contributed by atoms with E-state index < -0.39 is 0 Å². The normalized spacial score (nSPS) is 23.7. The molecule has 0 bridgehead atoms. The van der Waals surface area contributed by atoms with E-state index in [1.807, 2.05) is 4.52 Å².